The summed E-state index contributed by atoms with van der Waals surface area (Å²) in [6, 6.07) is 10.4. The van der Waals surface area contributed by atoms with E-state index in [1.807, 2.05) is 40.8 Å². The summed E-state index contributed by atoms with van der Waals surface area (Å²) in [5, 5.41) is 20.6. The van der Waals surface area contributed by atoms with E-state index in [0.717, 1.165) is 28.0 Å². The molecule has 2 atom stereocenters. The summed E-state index contributed by atoms with van der Waals surface area (Å²) in [7, 11) is 0. The lowest BCUT2D eigenvalue weighted by Crippen LogP contribution is -2.53. The van der Waals surface area contributed by atoms with Gasteiger partial charge in [-0.15, -0.1) is 0 Å². The molecule has 2 aromatic carbocycles. The summed E-state index contributed by atoms with van der Waals surface area (Å²) < 4.78 is 32.7. The van der Waals surface area contributed by atoms with E-state index in [4.69, 9.17) is 4.98 Å². The molecule has 0 saturated carbocycles. The minimum Gasteiger partial charge on any atom is -0.381 e. The van der Waals surface area contributed by atoms with Gasteiger partial charge in [0.1, 0.15) is 35.7 Å². The van der Waals surface area contributed by atoms with Gasteiger partial charge in [0.05, 0.1) is 19.6 Å². The van der Waals surface area contributed by atoms with Gasteiger partial charge in [-0.25, -0.2) is 28.1 Å². The lowest BCUT2D eigenvalue weighted by Gasteiger charge is -2.42. The molecule has 0 fully saturated rings. The van der Waals surface area contributed by atoms with Crippen molar-refractivity contribution in [2.24, 2.45) is 0 Å². The zero-order valence-electron chi connectivity index (χ0n) is 18.3. The molecule has 1 aliphatic rings. The van der Waals surface area contributed by atoms with Gasteiger partial charge >= 0.3 is 0 Å². The first kappa shape index (κ1) is 22.8. The van der Waals surface area contributed by atoms with Gasteiger partial charge in [0.2, 0.25) is 0 Å². The number of aliphatic hydroxyl groups is 1. The molecule has 34 heavy (non-hydrogen) atoms. The average Bonchev–Trinajstić information content (AvgIpc) is 3.47. The normalized spacial score (nSPS) is 16.7. The number of benzene rings is 2. The molecular formula is C23H22BrF2N7O. The van der Waals surface area contributed by atoms with Crippen molar-refractivity contribution in [3.63, 3.8) is 0 Å². The first-order valence-corrected chi connectivity index (χ1v) is 11.6. The fraction of sp³-hybridized carbons (Fsp3) is 0.304. The molecule has 0 unspecified atom stereocenters. The summed E-state index contributed by atoms with van der Waals surface area (Å²) >= 11 is 3.47. The zero-order chi connectivity index (χ0) is 23.9. The van der Waals surface area contributed by atoms with E-state index in [-0.39, 0.29) is 12.1 Å². The molecule has 0 radical (unpaired) electrons. The van der Waals surface area contributed by atoms with Crippen molar-refractivity contribution in [2.75, 3.05) is 6.54 Å². The van der Waals surface area contributed by atoms with Crippen LogP contribution >= 0.6 is 15.9 Å². The molecule has 0 spiro atoms. The van der Waals surface area contributed by atoms with Gasteiger partial charge < -0.3 is 5.11 Å². The second kappa shape index (κ2) is 8.97. The molecule has 1 N–H and O–H groups in total. The van der Waals surface area contributed by atoms with Crippen LogP contribution in [0.1, 0.15) is 18.3 Å². The highest BCUT2D eigenvalue weighted by Gasteiger charge is 2.43. The van der Waals surface area contributed by atoms with E-state index >= 15 is 0 Å². The van der Waals surface area contributed by atoms with E-state index < -0.39 is 23.3 Å². The predicted molar refractivity (Wildman–Crippen MR) is 123 cm³/mol. The van der Waals surface area contributed by atoms with Gasteiger partial charge in [-0.3, -0.25) is 4.90 Å². The Morgan fingerprint density at radius 2 is 2.03 bits per heavy atom. The first-order chi connectivity index (χ1) is 16.3. The molecule has 11 heteroatoms. The monoisotopic (exact) mass is 529 g/mol. The molecule has 0 amide bonds. The molecule has 1 aliphatic heterocycles. The van der Waals surface area contributed by atoms with Crippen molar-refractivity contribution in [3.8, 4) is 11.4 Å². The van der Waals surface area contributed by atoms with E-state index in [1.54, 1.807) is 0 Å². The third-order valence-corrected chi connectivity index (χ3v) is 6.77. The summed E-state index contributed by atoms with van der Waals surface area (Å²) in [5.74, 6) is -0.154. The molecule has 4 aromatic rings. The van der Waals surface area contributed by atoms with Crippen molar-refractivity contribution in [2.45, 2.75) is 38.2 Å². The van der Waals surface area contributed by atoms with E-state index in [1.165, 1.54) is 23.4 Å². The van der Waals surface area contributed by atoms with Crippen molar-refractivity contribution in [1.29, 1.82) is 0 Å². The minimum atomic E-state index is -1.71. The summed E-state index contributed by atoms with van der Waals surface area (Å²) in [5.41, 5.74) is -0.813. The number of hydrogen-bond acceptors (Lipinski definition) is 6. The maximum atomic E-state index is 14.9. The van der Waals surface area contributed by atoms with Crippen LogP contribution in [-0.4, -0.2) is 52.1 Å². The van der Waals surface area contributed by atoms with Gasteiger partial charge in [-0.2, -0.15) is 10.2 Å². The van der Waals surface area contributed by atoms with Crippen LogP contribution in [0.4, 0.5) is 8.78 Å². The highest BCUT2D eigenvalue weighted by Crippen LogP contribution is 2.34. The molecule has 8 nitrogen and oxygen atoms in total. The van der Waals surface area contributed by atoms with Gasteiger partial charge in [-0.05, 0) is 25.1 Å². The standard InChI is InChI=1S/C23H22BrF2N7O/c1-15(23(34,12-32-14-27-13-28-32)19-6-5-18(25)10-20(19)26)31-7-8-33-21(11-31)29-22(30-33)16-3-2-4-17(24)9-16/h2-6,9-10,13-15,34H,7-8,11-12H2,1H3/t15-,23-/m1/s1. The van der Waals surface area contributed by atoms with E-state index in [9.17, 15) is 13.9 Å². The Hall–Kier alpha value is -3.02. The SMILES string of the molecule is C[C@@H](N1CCn2nc(-c3cccc(Br)c3)nc2C1)[C@](O)(Cn1cncn1)c1ccc(F)cc1F. The quantitative estimate of drug-likeness (QED) is 0.412. The Bertz CT molecular complexity index is 1310. The van der Waals surface area contributed by atoms with Gasteiger partial charge in [0.15, 0.2) is 5.82 Å². The Balaban J connectivity index is 1.46. The Morgan fingerprint density at radius 1 is 1.18 bits per heavy atom. The lowest BCUT2D eigenvalue weighted by atomic mass is 9.85. The largest absolute Gasteiger partial charge is 0.381 e. The molecular weight excluding hydrogens is 508 g/mol. The minimum absolute atomic E-state index is 0.00114. The van der Waals surface area contributed by atoms with Crippen LogP contribution < -0.4 is 0 Å². The molecule has 176 valence electrons. The second-order valence-corrected chi connectivity index (χ2v) is 9.29. The Labute approximate surface area is 203 Å². The number of aromatic nitrogens is 6. The third kappa shape index (κ3) is 4.26. The number of halogens is 3. The van der Waals surface area contributed by atoms with Crippen LogP contribution in [-0.2, 0) is 25.2 Å². The third-order valence-electron chi connectivity index (χ3n) is 6.28. The molecule has 5 rings (SSSR count). The second-order valence-electron chi connectivity index (χ2n) is 8.37. The van der Waals surface area contributed by atoms with Crippen LogP contribution in [0, 0.1) is 11.6 Å². The number of nitrogens with zero attached hydrogens (tertiary/aromatic N) is 7. The summed E-state index contributed by atoms with van der Waals surface area (Å²) in [6.07, 6.45) is 2.80. The smallest absolute Gasteiger partial charge is 0.181 e. The van der Waals surface area contributed by atoms with Gasteiger partial charge in [0, 0.05) is 34.3 Å². The predicted octanol–water partition coefficient (Wildman–Crippen LogP) is 3.37. The lowest BCUT2D eigenvalue weighted by molar-refractivity contribution is -0.0714. The maximum Gasteiger partial charge on any atom is 0.181 e. The summed E-state index contributed by atoms with van der Waals surface area (Å²) in [4.78, 5) is 10.7. The first-order valence-electron chi connectivity index (χ1n) is 10.8. The van der Waals surface area contributed by atoms with Crippen molar-refractivity contribution in [3.05, 3.63) is 82.6 Å². The van der Waals surface area contributed by atoms with E-state index in [0.29, 0.717) is 25.5 Å². The van der Waals surface area contributed by atoms with Crippen LogP contribution in [0.2, 0.25) is 0 Å². The van der Waals surface area contributed by atoms with Crippen molar-refractivity contribution >= 4 is 15.9 Å². The van der Waals surface area contributed by atoms with Crippen molar-refractivity contribution in [1.82, 2.24) is 34.4 Å². The van der Waals surface area contributed by atoms with Gasteiger partial charge in [0.25, 0.3) is 0 Å². The molecule has 2 aromatic heterocycles. The topological polar surface area (TPSA) is 84.9 Å². The highest BCUT2D eigenvalue weighted by molar-refractivity contribution is 9.10. The highest BCUT2D eigenvalue weighted by atomic mass is 79.9. The number of hydrogen-bond donors (Lipinski definition) is 1. The zero-order valence-corrected chi connectivity index (χ0v) is 19.9. The van der Waals surface area contributed by atoms with Crippen LogP contribution in [0.25, 0.3) is 11.4 Å². The molecule has 3 heterocycles. The molecule has 0 aliphatic carbocycles. The fourth-order valence-corrected chi connectivity index (χ4v) is 4.78. The van der Waals surface area contributed by atoms with Crippen molar-refractivity contribution < 1.29 is 13.9 Å². The number of fused-ring (bicyclic) bond motifs is 1. The summed E-state index contributed by atoms with van der Waals surface area (Å²) in [6.45, 7) is 3.30. The van der Waals surface area contributed by atoms with Crippen LogP contribution in [0.15, 0.2) is 59.6 Å². The fourth-order valence-electron chi connectivity index (χ4n) is 4.38. The maximum absolute atomic E-state index is 14.9. The van der Waals surface area contributed by atoms with E-state index in [2.05, 4.69) is 31.1 Å². The molecule has 0 saturated heterocycles. The number of rotatable bonds is 6. The Morgan fingerprint density at radius 3 is 2.76 bits per heavy atom. The van der Waals surface area contributed by atoms with Gasteiger partial charge in [-0.1, -0.05) is 34.1 Å². The molecule has 0 bridgehead atoms. The Kier molecular flexibility index (Phi) is 6.00. The average molecular weight is 530 g/mol. The van der Waals surface area contributed by atoms with Crippen LogP contribution in [0.3, 0.4) is 0 Å². The van der Waals surface area contributed by atoms with Crippen LogP contribution in [0.5, 0.6) is 0 Å².